The van der Waals surface area contributed by atoms with E-state index in [4.69, 9.17) is 4.74 Å². The number of unbranched alkanes of at least 4 members (excludes halogenated alkanes) is 19. The lowest BCUT2D eigenvalue weighted by molar-refractivity contribution is 0.125. The van der Waals surface area contributed by atoms with Crippen molar-refractivity contribution in [3.63, 3.8) is 0 Å². The Morgan fingerprint density at radius 3 is 0.808 bits per heavy atom. The van der Waals surface area contributed by atoms with Crippen molar-refractivity contribution in [2.45, 2.75) is 135 Å². The molecular formula is C25H50O. The normalized spacial score (nSPS) is 11.3. The molecule has 0 bridgehead atoms. The third kappa shape index (κ3) is 24.0. The topological polar surface area (TPSA) is 9.23 Å². The molecule has 0 aromatic rings. The van der Waals surface area contributed by atoms with Crippen molar-refractivity contribution in [3.05, 3.63) is 13.8 Å². The molecule has 0 heterocycles. The van der Waals surface area contributed by atoms with Crippen molar-refractivity contribution in [2.24, 2.45) is 0 Å². The molecule has 0 saturated carbocycles. The smallest absolute Gasteiger partial charge is 0.0466 e. The highest BCUT2D eigenvalue weighted by molar-refractivity contribution is 4.50. The van der Waals surface area contributed by atoms with Crippen LogP contribution in [0.15, 0.2) is 0 Å². The monoisotopic (exact) mass is 366 g/mol. The lowest BCUT2D eigenvalue weighted by Gasteiger charge is -2.05. The maximum absolute atomic E-state index is 5.77. The van der Waals surface area contributed by atoms with Crippen LogP contribution in [0.2, 0.25) is 0 Å². The van der Waals surface area contributed by atoms with E-state index in [9.17, 15) is 0 Å². The van der Waals surface area contributed by atoms with Crippen LogP contribution in [0.25, 0.3) is 0 Å². The SMILES string of the molecule is [CH2]CCCCCCCCCCCCCOCCCCCCCCCC[CH2]. The second kappa shape index (κ2) is 25.0. The molecule has 0 saturated heterocycles. The first-order valence-electron chi connectivity index (χ1n) is 12.1. The third-order valence-electron chi connectivity index (χ3n) is 5.33. The predicted molar refractivity (Wildman–Crippen MR) is 118 cm³/mol. The van der Waals surface area contributed by atoms with Gasteiger partial charge in [0.25, 0.3) is 0 Å². The molecular weight excluding hydrogens is 316 g/mol. The molecule has 1 heteroatoms. The van der Waals surface area contributed by atoms with Crippen molar-refractivity contribution < 1.29 is 4.74 Å². The van der Waals surface area contributed by atoms with Gasteiger partial charge in [-0.2, -0.15) is 0 Å². The van der Waals surface area contributed by atoms with E-state index in [1.165, 1.54) is 122 Å². The fraction of sp³-hybridized carbons (Fsp3) is 0.920. The average Bonchev–Trinajstić information content (AvgIpc) is 2.66. The highest BCUT2D eigenvalue weighted by Gasteiger charge is 1.95. The van der Waals surface area contributed by atoms with Crippen molar-refractivity contribution in [1.82, 2.24) is 0 Å². The molecule has 0 aromatic heterocycles. The van der Waals surface area contributed by atoms with E-state index < -0.39 is 0 Å². The Bertz CT molecular complexity index is 202. The standard InChI is InChI=1S/C25H50O/c1-3-5-7-9-11-13-14-15-17-19-21-23-25-26-24-22-20-18-16-12-10-8-6-4-2/h1-25H2. The average molecular weight is 367 g/mol. The Hall–Kier alpha value is -0.0400. The second-order valence-electron chi connectivity index (χ2n) is 8.04. The Morgan fingerprint density at radius 1 is 0.308 bits per heavy atom. The Balaban J connectivity index is 2.95. The minimum absolute atomic E-state index is 0.982. The van der Waals surface area contributed by atoms with Crippen molar-refractivity contribution >= 4 is 0 Å². The molecule has 0 aliphatic carbocycles. The van der Waals surface area contributed by atoms with Crippen LogP contribution in [-0.4, -0.2) is 13.2 Å². The summed E-state index contributed by atoms with van der Waals surface area (Å²) in [5.41, 5.74) is 0. The van der Waals surface area contributed by atoms with Crippen LogP contribution in [0.5, 0.6) is 0 Å². The first kappa shape index (κ1) is 26.0. The molecule has 2 radical (unpaired) electrons. The zero-order valence-corrected chi connectivity index (χ0v) is 18.1. The molecule has 0 aliphatic heterocycles. The second-order valence-corrected chi connectivity index (χ2v) is 8.04. The Labute approximate surface area is 167 Å². The lowest BCUT2D eigenvalue weighted by Crippen LogP contribution is -1.97. The van der Waals surface area contributed by atoms with E-state index in [0.29, 0.717) is 0 Å². The van der Waals surface area contributed by atoms with Gasteiger partial charge in [0.15, 0.2) is 0 Å². The molecule has 0 atom stereocenters. The van der Waals surface area contributed by atoms with Gasteiger partial charge in [0.2, 0.25) is 0 Å². The summed E-state index contributed by atoms with van der Waals surface area (Å²) in [5, 5.41) is 0. The lowest BCUT2D eigenvalue weighted by atomic mass is 10.1. The van der Waals surface area contributed by atoms with Crippen LogP contribution in [-0.2, 0) is 4.74 Å². The van der Waals surface area contributed by atoms with Gasteiger partial charge in [0.1, 0.15) is 0 Å². The maximum atomic E-state index is 5.77. The highest BCUT2D eigenvalue weighted by atomic mass is 16.5. The van der Waals surface area contributed by atoms with Crippen LogP contribution in [0.4, 0.5) is 0 Å². The van der Waals surface area contributed by atoms with E-state index in [1.54, 1.807) is 0 Å². The fourth-order valence-corrected chi connectivity index (χ4v) is 3.52. The highest BCUT2D eigenvalue weighted by Crippen LogP contribution is 2.12. The summed E-state index contributed by atoms with van der Waals surface area (Å²) in [6, 6.07) is 0. The molecule has 26 heavy (non-hydrogen) atoms. The number of ether oxygens (including phenoxy) is 1. The van der Waals surface area contributed by atoms with E-state index in [1.807, 2.05) is 0 Å². The predicted octanol–water partition coefficient (Wildman–Crippen LogP) is 8.86. The van der Waals surface area contributed by atoms with Gasteiger partial charge in [-0.05, 0) is 12.8 Å². The molecule has 0 aromatic carbocycles. The van der Waals surface area contributed by atoms with Gasteiger partial charge in [-0.15, -0.1) is 0 Å². The van der Waals surface area contributed by atoms with Gasteiger partial charge < -0.3 is 4.74 Å². The minimum Gasteiger partial charge on any atom is -0.381 e. The Kier molecular flexibility index (Phi) is 24.9. The van der Waals surface area contributed by atoms with Crippen molar-refractivity contribution in [2.75, 3.05) is 13.2 Å². The zero-order valence-electron chi connectivity index (χ0n) is 18.1. The first-order chi connectivity index (χ1) is 12.9. The first-order valence-corrected chi connectivity index (χ1v) is 12.1. The van der Waals surface area contributed by atoms with Gasteiger partial charge in [-0.25, -0.2) is 0 Å². The number of hydrogen-bond donors (Lipinski definition) is 0. The van der Waals surface area contributed by atoms with Crippen LogP contribution in [0.1, 0.15) is 135 Å². The molecule has 0 aliphatic rings. The summed E-state index contributed by atoms with van der Waals surface area (Å²) in [4.78, 5) is 0. The van der Waals surface area contributed by atoms with Crippen molar-refractivity contribution in [3.8, 4) is 0 Å². The van der Waals surface area contributed by atoms with Gasteiger partial charge >= 0.3 is 0 Å². The molecule has 0 N–H and O–H groups in total. The quantitative estimate of drug-likeness (QED) is 0.164. The molecule has 156 valence electrons. The van der Waals surface area contributed by atoms with Gasteiger partial charge in [-0.1, -0.05) is 136 Å². The van der Waals surface area contributed by atoms with Gasteiger partial charge in [0.05, 0.1) is 0 Å². The summed E-state index contributed by atoms with van der Waals surface area (Å²) in [7, 11) is 0. The molecule has 0 amide bonds. The van der Waals surface area contributed by atoms with E-state index in [0.717, 1.165) is 26.1 Å². The van der Waals surface area contributed by atoms with Crippen LogP contribution in [0.3, 0.4) is 0 Å². The van der Waals surface area contributed by atoms with Crippen LogP contribution in [0, 0.1) is 13.8 Å². The van der Waals surface area contributed by atoms with Crippen molar-refractivity contribution in [1.29, 1.82) is 0 Å². The van der Waals surface area contributed by atoms with E-state index in [-0.39, 0.29) is 0 Å². The molecule has 0 unspecified atom stereocenters. The van der Waals surface area contributed by atoms with Gasteiger partial charge in [0, 0.05) is 13.2 Å². The zero-order chi connectivity index (χ0) is 19.0. The summed E-state index contributed by atoms with van der Waals surface area (Å²) >= 11 is 0. The number of rotatable bonds is 23. The molecule has 0 spiro atoms. The van der Waals surface area contributed by atoms with E-state index in [2.05, 4.69) is 13.8 Å². The fourth-order valence-electron chi connectivity index (χ4n) is 3.52. The minimum atomic E-state index is 0.982. The summed E-state index contributed by atoms with van der Waals surface area (Å²) in [6.45, 7) is 9.76. The summed E-state index contributed by atoms with van der Waals surface area (Å²) < 4.78 is 5.77. The number of hydrogen-bond acceptors (Lipinski definition) is 1. The van der Waals surface area contributed by atoms with Crippen LogP contribution < -0.4 is 0 Å². The molecule has 1 nitrogen and oxygen atoms in total. The Morgan fingerprint density at radius 2 is 0.538 bits per heavy atom. The maximum Gasteiger partial charge on any atom is 0.0466 e. The summed E-state index contributed by atoms with van der Waals surface area (Å²) in [6.07, 6.45) is 28.5. The van der Waals surface area contributed by atoms with Crippen LogP contribution >= 0.6 is 0 Å². The molecule has 0 rings (SSSR count). The third-order valence-corrected chi connectivity index (χ3v) is 5.33. The molecule has 0 fully saturated rings. The van der Waals surface area contributed by atoms with E-state index >= 15 is 0 Å². The van der Waals surface area contributed by atoms with Gasteiger partial charge in [-0.3, -0.25) is 0 Å². The largest absolute Gasteiger partial charge is 0.381 e. The summed E-state index contributed by atoms with van der Waals surface area (Å²) in [5.74, 6) is 0.